The smallest absolute Gasteiger partial charge is 0.326 e. The number of hydrogen-bond donors (Lipinski definition) is 1. The molecule has 0 aliphatic carbocycles. The van der Waals surface area contributed by atoms with Crippen LogP contribution in [0.5, 0.6) is 0 Å². The number of carbonyl (C=O) groups excluding carboxylic acids is 1. The SMILES string of the molecule is O=C(O)C1CC(=O)N1Cc1ccccc1. The largest absolute Gasteiger partial charge is 0.480 e. The molecule has 1 N–H and O–H groups in total. The second kappa shape index (κ2) is 3.73. The maximum absolute atomic E-state index is 11.2. The number of β-lactam (4-membered cyclic amide) rings is 1. The van der Waals surface area contributed by atoms with E-state index in [1.54, 1.807) is 0 Å². The van der Waals surface area contributed by atoms with Gasteiger partial charge in [0.2, 0.25) is 5.91 Å². The molecule has 4 nitrogen and oxygen atoms in total. The van der Waals surface area contributed by atoms with Crippen molar-refractivity contribution in [2.45, 2.75) is 19.0 Å². The molecular formula is C11H11NO3. The third kappa shape index (κ3) is 1.83. The van der Waals surface area contributed by atoms with E-state index in [-0.39, 0.29) is 12.3 Å². The Hall–Kier alpha value is -1.84. The third-order valence-corrected chi connectivity index (χ3v) is 2.55. The summed E-state index contributed by atoms with van der Waals surface area (Å²) in [6.45, 7) is 0.386. The number of hydrogen-bond acceptors (Lipinski definition) is 2. The molecule has 4 heteroatoms. The Balaban J connectivity index is 2.06. The first-order valence-corrected chi connectivity index (χ1v) is 4.74. The molecule has 0 saturated carbocycles. The molecule has 15 heavy (non-hydrogen) atoms. The zero-order valence-corrected chi connectivity index (χ0v) is 8.09. The fraction of sp³-hybridized carbons (Fsp3) is 0.273. The van der Waals surface area contributed by atoms with E-state index in [2.05, 4.69) is 0 Å². The summed E-state index contributed by atoms with van der Waals surface area (Å²) in [4.78, 5) is 23.3. The lowest BCUT2D eigenvalue weighted by Crippen LogP contribution is -2.55. The molecule has 1 heterocycles. The molecule has 0 spiro atoms. The zero-order chi connectivity index (χ0) is 10.8. The van der Waals surface area contributed by atoms with Crippen LogP contribution in [-0.2, 0) is 16.1 Å². The van der Waals surface area contributed by atoms with Crippen LogP contribution in [0.4, 0.5) is 0 Å². The fourth-order valence-electron chi connectivity index (χ4n) is 1.65. The van der Waals surface area contributed by atoms with Crippen LogP contribution in [0.3, 0.4) is 0 Å². The zero-order valence-electron chi connectivity index (χ0n) is 8.09. The van der Waals surface area contributed by atoms with Gasteiger partial charge >= 0.3 is 5.97 Å². The van der Waals surface area contributed by atoms with Crippen molar-refractivity contribution < 1.29 is 14.7 Å². The minimum Gasteiger partial charge on any atom is -0.480 e. The van der Waals surface area contributed by atoms with Gasteiger partial charge in [0.05, 0.1) is 6.42 Å². The molecule has 1 aromatic rings. The minimum atomic E-state index is -0.925. The maximum atomic E-state index is 11.2. The van der Waals surface area contributed by atoms with Crippen LogP contribution in [-0.4, -0.2) is 27.9 Å². The summed E-state index contributed by atoms with van der Waals surface area (Å²) >= 11 is 0. The molecule has 0 bridgehead atoms. The number of carboxylic acids is 1. The standard InChI is InChI=1S/C11H11NO3/c13-10-6-9(11(14)15)12(10)7-8-4-2-1-3-5-8/h1-5,9H,6-7H2,(H,14,15). The average molecular weight is 205 g/mol. The molecule has 2 rings (SSSR count). The van der Waals surface area contributed by atoms with E-state index >= 15 is 0 Å². The third-order valence-electron chi connectivity index (χ3n) is 2.55. The summed E-state index contributed by atoms with van der Waals surface area (Å²) in [6, 6.07) is 8.74. The van der Waals surface area contributed by atoms with E-state index in [4.69, 9.17) is 5.11 Å². The second-order valence-electron chi connectivity index (χ2n) is 3.57. The normalized spacial score (nSPS) is 19.9. The van der Waals surface area contributed by atoms with Gasteiger partial charge in [0, 0.05) is 6.54 Å². The first kappa shape index (κ1) is 9.71. The van der Waals surface area contributed by atoms with Gasteiger partial charge in [-0.25, -0.2) is 4.79 Å². The van der Waals surface area contributed by atoms with Gasteiger partial charge in [-0.3, -0.25) is 4.79 Å². The first-order valence-electron chi connectivity index (χ1n) is 4.74. The van der Waals surface area contributed by atoms with Crippen molar-refractivity contribution in [3.05, 3.63) is 35.9 Å². The lowest BCUT2D eigenvalue weighted by atomic mass is 10.0. The number of rotatable bonds is 3. The van der Waals surface area contributed by atoms with Gasteiger partial charge < -0.3 is 10.0 Å². The molecule has 1 aliphatic heterocycles. The van der Waals surface area contributed by atoms with Crippen molar-refractivity contribution in [1.29, 1.82) is 0 Å². The van der Waals surface area contributed by atoms with Gasteiger partial charge in [0.25, 0.3) is 0 Å². The highest BCUT2D eigenvalue weighted by molar-refractivity contribution is 5.94. The molecule has 1 fully saturated rings. The van der Waals surface area contributed by atoms with Crippen LogP contribution in [0.2, 0.25) is 0 Å². The van der Waals surface area contributed by atoms with Crippen LogP contribution < -0.4 is 0 Å². The second-order valence-corrected chi connectivity index (χ2v) is 3.57. The highest BCUT2D eigenvalue weighted by Crippen LogP contribution is 2.22. The number of nitrogens with zero attached hydrogens (tertiary/aromatic N) is 1. The maximum Gasteiger partial charge on any atom is 0.326 e. The molecule has 0 radical (unpaired) electrons. The van der Waals surface area contributed by atoms with Gasteiger partial charge in [-0.1, -0.05) is 30.3 Å². The monoisotopic (exact) mass is 205 g/mol. The summed E-state index contributed by atoms with van der Waals surface area (Å²) in [6.07, 6.45) is 0.127. The fourth-order valence-corrected chi connectivity index (χ4v) is 1.65. The lowest BCUT2D eigenvalue weighted by Gasteiger charge is -2.37. The Morgan fingerprint density at radius 1 is 1.40 bits per heavy atom. The van der Waals surface area contributed by atoms with E-state index in [1.807, 2.05) is 30.3 Å². The quantitative estimate of drug-likeness (QED) is 0.745. The average Bonchev–Trinajstić information content (AvgIpc) is 2.23. The number of aliphatic carboxylic acids is 1. The number of carbonyl (C=O) groups is 2. The van der Waals surface area contributed by atoms with Crippen LogP contribution in [0.25, 0.3) is 0 Å². The van der Waals surface area contributed by atoms with Gasteiger partial charge in [0.15, 0.2) is 0 Å². The summed E-state index contributed by atoms with van der Waals surface area (Å²) in [5.41, 5.74) is 0.955. The van der Waals surface area contributed by atoms with Crippen LogP contribution in [0.15, 0.2) is 30.3 Å². The summed E-state index contributed by atoms with van der Waals surface area (Å²) in [5.74, 6) is -1.02. The van der Waals surface area contributed by atoms with E-state index in [0.717, 1.165) is 5.56 Å². The van der Waals surface area contributed by atoms with Crippen molar-refractivity contribution in [2.24, 2.45) is 0 Å². The predicted octanol–water partition coefficient (Wildman–Crippen LogP) is 0.872. The number of likely N-dealkylation sites (tertiary alicyclic amines) is 1. The number of carboxylic acid groups (broad SMARTS) is 1. The van der Waals surface area contributed by atoms with E-state index in [1.165, 1.54) is 4.90 Å². The Kier molecular flexibility index (Phi) is 2.41. The van der Waals surface area contributed by atoms with E-state index < -0.39 is 12.0 Å². The summed E-state index contributed by atoms with van der Waals surface area (Å²) in [5, 5.41) is 8.81. The molecule has 1 saturated heterocycles. The van der Waals surface area contributed by atoms with Crippen molar-refractivity contribution in [3.8, 4) is 0 Å². The molecule has 78 valence electrons. The van der Waals surface area contributed by atoms with Gasteiger partial charge in [0.1, 0.15) is 6.04 Å². The van der Waals surface area contributed by atoms with Gasteiger partial charge in [-0.05, 0) is 5.56 Å². The molecular weight excluding hydrogens is 194 g/mol. The lowest BCUT2D eigenvalue weighted by molar-refractivity contribution is -0.162. The topological polar surface area (TPSA) is 57.6 Å². The van der Waals surface area contributed by atoms with Crippen molar-refractivity contribution in [1.82, 2.24) is 4.90 Å². The Bertz CT molecular complexity index is 388. The van der Waals surface area contributed by atoms with Crippen LogP contribution in [0, 0.1) is 0 Å². The molecule has 1 unspecified atom stereocenters. The minimum absolute atomic E-state index is 0.0914. The highest BCUT2D eigenvalue weighted by atomic mass is 16.4. The highest BCUT2D eigenvalue weighted by Gasteiger charge is 2.40. The molecule has 1 aliphatic rings. The summed E-state index contributed by atoms with van der Waals surface area (Å²) < 4.78 is 0. The Morgan fingerprint density at radius 3 is 2.60 bits per heavy atom. The predicted molar refractivity (Wildman–Crippen MR) is 53.0 cm³/mol. The Labute approximate surface area is 87.1 Å². The van der Waals surface area contributed by atoms with Gasteiger partial charge in [-0.15, -0.1) is 0 Å². The van der Waals surface area contributed by atoms with Gasteiger partial charge in [-0.2, -0.15) is 0 Å². The molecule has 1 atom stereocenters. The van der Waals surface area contributed by atoms with E-state index in [0.29, 0.717) is 6.54 Å². The number of amides is 1. The van der Waals surface area contributed by atoms with Crippen LogP contribution in [0.1, 0.15) is 12.0 Å². The molecule has 1 amide bonds. The van der Waals surface area contributed by atoms with Crippen molar-refractivity contribution >= 4 is 11.9 Å². The number of benzene rings is 1. The first-order chi connectivity index (χ1) is 7.18. The van der Waals surface area contributed by atoms with Crippen molar-refractivity contribution in [3.63, 3.8) is 0 Å². The summed E-state index contributed by atoms with van der Waals surface area (Å²) in [7, 11) is 0. The van der Waals surface area contributed by atoms with E-state index in [9.17, 15) is 9.59 Å². The molecule has 1 aromatic carbocycles. The Morgan fingerprint density at radius 2 is 2.07 bits per heavy atom. The molecule has 0 aromatic heterocycles. The van der Waals surface area contributed by atoms with Crippen LogP contribution >= 0.6 is 0 Å². The van der Waals surface area contributed by atoms with Crippen molar-refractivity contribution in [2.75, 3.05) is 0 Å².